The van der Waals surface area contributed by atoms with Crippen molar-refractivity contribution < 1.29 is 14.7 Å². The van der Waals surface area contributed by atoms with Crippen molar-refractivity contribution in [2.45, 2.75) is 39.5 Å². The minimum absolute atomic E-state index is 0.0841. The van der Waals surface area contributed by atoms with Gasteiger partial charge in [-0.2, -0.15) is 0 Å². The summed E-state index contributed by atoms with van der Waals surface area (Å²) in [6, 6.07) is 8.85. The molecule has 0 aliphatic carbocycles. The summed E-state index contributed by atoms with van der Waals surface area (Å²) in [6.45, 7) is 3.75. The molecule has 0 saturated heterocycles. The van der Waals surface area contributed by atoms with Gasteiger partial charge in [-0.15, -0.1) is 0 Å². The molecule has 4 nitrogen and oxygen atoms in total. The van der Waals surface area contributed by atoms with Crippen LogP contribution in [0.4, 0.5) is 5.69 Å². The largest absolute Gasteiger partial charge is 0.550 e. The van der Waals surface area contributed by atoms with Gasteiger partial charge in [0.2, 0.25) is 5.91 Å². The SMILES string of the molecule is CCCCC(C(=O)[O-])C(C)CC(=O)N(Cl)c1ccccc1. The van der Waals surface area contributed by atoms with E-state index in [4.69, 9.17) is 11.8 Å². The van der Waals surface area contributed by atoms with Crippen LogP contribution in [0.2, 0.25) is 0 Å². The summed E-state index contributed by atoms with van der Waals surface area (Å²) < 4.78 is 1.04. The number of halogens is 1. The van der Waals surface area contributed by atoms with Gasteiger partial charge in [0.05, 0.1) is 5.69 Å². The second-order valence-corrected chi connectivity index (χ2v) is 5.60. The fourth-order valence-corrected chi connectivity index (χ4v) is 2.44. The van der Waals surface area contributed by atoms with Crippen LogP contribution in [0.15, 0.2) is 30.3 Å². The van der Waals surface area contributed by atoms with E-state index in [-0.39, 0.29) is 18.2 Å². The van der Waals surface area contributed by atoms with Gasteiger partial charge in [0.1, 0.15) is 0 Å². The minimum Gasteiger partial charge on any atom is -0.550 e. The molecular weight excluding hydrogens is 290 g/mol. The maximum absolute atomic E-state index is 12.1. The molecule has 0 heterocycles. The number of hydrogen-bond acceptors (Lipinski definition) is 3. The van der Waals surface area contributed by atoms with Crippen molar-refractivity contribution in [2.24, 2.45) is 11.8 Å². The third-order valence-electron chi connectivity index (χ3n) is 3.56. The second kappa shape index (κ2) is 8.67. The van der Waals surface area contributed by atoms with Crippen LogP contribution in [0, 0.1) is 11.8 Å². The second-order valence-electron chi connectivity index (χ2n) is 5.26. The van der Waals surface area contributed by atoms with E-state index >= 15 is 0 Å². The molecule has 2 unspecified atom stereocenters. The first-order chi connectivity index (χ1) is 9.97. The molecule has 1 rings (SSSR count). The first-order valence-corrected chi connectivity index (χ1v) is 7.55. The van der Waals surface area contributed by atoms with Crippen molar-refractivity contribution in [1.82, 2.24) is 0 Å². The molecule has 1 aromatic rings. The highest BCUT2D eigenvalue weighted by Gasteiger charge is 2.23. The van der Waals surface area contributed by atoms with Gasteiger partial charge in [0.15, 0.2) is 0 Å². The molecular formula is C16H21ClNO3-. The molecule has 2 atom stereocenters. The molecule has 0 fully saturated rings. The van der Waals surface area contributed by atoms with Crippen LogP contribution in [0.5, 0.6) is 0 Å². The zero-order valence-corrected chi connectivity index (χ0v) is 13.2. The Balaban J connectivity index is 2.65. The summed E-state index contributed by atoms with van der Waals surface area (Å²) in [7, 11) is 0. The molecule has 1 aromatic carbocycles. The average Bonchev–Trinajstić information content (AvgIpc) is 2.47. The molecule has 0 saturated carbocycles. The van der Waals surface area contributed by atoms with Crippen molar-refractivity contribution in [3.8, 4) is 0 Å². The predicted molar refractivity (Wildman–Crippen MR) is 81.6 cm³/mol. The Morgan fingerprint density at radius 1 is 1.29 bits per heavy atom. The molecule has 116 valence electrons. The molecule has 0 aliphatic heterocycles. The molecule has 0 spiro atoms. The van der Waals surface area contributed by atoms with E-state index < -0.39 is 11.9 Å². The van der Waals surface area contributed by atoms with Crippen molar-refractivity contribution >= 4 is 29.3 Å². The third kappa shape index (κ3) is 5.38. The molecule has 0 bridgehead atoms. The summed E-state index contributed by atoms with van der Waals surface area (Å²) in [5.74, 6) is -2.32. The Morgan fingerprint density at radius 3 is 2.43 bits per heavy atom. The van der Waals surface area contributed by atoms with Crippen LogP contribution >= 0.6 is 11.8 Å². The number of anilines is 1. The zero-order valence-electron chi connectivity index (χ0n) is 12.4. The lowest BCUT2D eigenvalue weighted by Gasteiger charge is -2.25. The number of hydrogen-bond donors (Lipinski definition) is 0. The molecule has 1 amide bonds. The van der Waals surface area contributed by atoms with Crippen molar-refractivity contribution in [3.63, 3.8) is 0 Å². The van der Waals surface area contributed by atoms with E-state index in [1.54, 1.807) is 31.2 Å². The number of rotatable bonds is 8. The number of benzene rings is 1. The average molecular weight is 311 g/mol. The maximum atomic E-state index is 12.1. The van der Waals surface area contributed by atoms with Crippen LogP contribution in [0.3, 0.4) is 0 Å². The fourth-order valence-electron chi connectivity index (χ4n) is 2.26. The molecule has 5 heteroatoms. The molecule has 0 aromatic heterocycles. The van der Waals surface area contributed by atoms with E-state index in [9.17, 15) is 14.7 Å². The van der Waals surface area contributed by atoms with Crippen molar-refractivity contribution in [2.75, 3.05) is 4.42 Å². The number of carboxylic acid groups (broad SMARTS) is 1. The molecule has 0 N–H and O–H groups in total. The number of unbranched alkanes of at least 4 members (excludes halogenated alkanes) is 1. The number of para-hydroxylation sites is 1. The number of carbonyl (C=O) groups excluding carboxylic acids is 2. The quantitative estimate of drug-likeness (QED) is 0.694. The van der Waals surface area contributed by atoms with Crippen molar-refractivity contribution in [1.29, 1.82) is 0 Å². The molecule has 0 aliphatic rings. The smallest absolute Gasteiger partial charge is 0.241 e. The summed E-state index contributed by atoms with van der Waals surface area (Å²) in [5, 5.41) is 11.2. The van der Waals surface area contributed by atoms with E-state index in [2.05, 4.69) is 0 Å². The van der Waals surface area contributed by atoms with Gasteiger partial charge < -0.3 is 9.90 Å². The summed E-state index contributed by atoms with van der Waals surface area (Å²) in [6.07, 6.45) is 2.33. The lowest BCUT2D eigenvalue weighted by Crippen LogP contribution is -2.37. The Bertz CT molecular complexity index is 464. The third-order valence-corrected chi connectivity index (χ3v) is 3.94. The molecule has 0 radical (unpaired) electrons. The predicted octanol–water partition coefficient (Wildman–Crippen LogP) is 2.76. The van der Waals surface area contributed by atoms with Gasteiger partial charge in [-0.1, -0.05) is 44.9 Å². The lowest BCUT2D eigenvalue weighted by molar-refractivity contribution is -0.313. The highest BCUT2D eigenvalue weighted by molar-refractivity contribution is 6.36. The van der Waals surface area contributed by atoms with Gasteiger partial charge in [-0.3, -0.25) is 4.79 Å². The highest BCUT2D eigenvalue weighted by Crippen LogP contribution is 2.24. The Labute approximate surface area is 130 Å². The Kier molecular flexibility index (Phi) is 7.23. The summed E-state index contributed by atoms with van der Waals surface area (Å²) in [4.78, 5) is 23.3. The summed E-state index contributed by atoms with van der Waals surface area (Å²) >= 11 is 6.01. The minimum atomic E-state index is -1.09. The topological polar surface area (TPSA) is 60.4 Å². The van der Waals surface area contributed by atoms with Gasteiger partial charge >= 0.3 is 0 Å². The zero-order chi connectivity index (χ0) is 15.8. The van der Waals surface area contributed by atoms with Crippen LogP contribution in [-0.4, -0.2) is 11.9 Å². The number of amides is 1. The van der Waals surface area contributed by atoms with Gasteiger partial charge in [-0.25, -0.2) is 4.42 Å². The lowest BCUT2D eigenvalue weighted by atomic mass is 9.87. The fraction of sp³-hybridized carbons (Fsp3) is 0.500. The van der Waals surface area contributed by atoms with Crippen LogP contribution in [0.1, 0.15) is 39.5 Å². The number of aliphatic carboxylic acids is 1. The highest BCUT2D eigenvalue weighted by atomic mass is 35.5. The van der Waals surface area contributed by atoms with Gasteiger partial charge in [-0.05, 0) is 24.5 Å². The van der Waals surface area contributed by atoms with Gasteiger partial charge in [0, 0.05) is 30.1 Å². The first kappa shape index (κ1) is 17.5. The Hall–Kier alpha value is -1.55. The van der Waals surface area contributed by atoms with Crippen LogP contribution < -0.4 is 9.53 Å². The Morgan fingerprint density at radius 2 is 1.90 bits per heavy atom. The standard InChI is InChI=1S/C16H22ClNO3/c1-3-4-10-14(16(20)21)12(2)11-15(19)18(17)13-8-6-5-7-9-13/h5-9,12,14H,3-4,10-11H2,1-2H3,(H,20,21)/p-1. The normalized spacial score (nSPS) is 13.5. The van der Waals surface area contributed by atoms with E-state index in [1.807, 2.05) is 13.0 Å². The molecule has 21 heavy (non-hydrogen) atoms. The van der Waals surface area contributed by atoms with Crippen molar-refractivity contribution in [3.05, 3.63) is 30.3 Å². The maximum Gasteiger partial charge on any atom is 0.241 e. The number of nitrogens with zero attached hydrogens (tertiary/aromatic N) is 1. The number of carboxylic acids is 1. The number of carbonyl (C=O) groups is 2. The van der Waals surface area contributed by atoms with Crippen LogP contribution in [0.25, 0.3) is 0 Å². The van der Waals surface area contributed by atoms with E-state index in [1.165, 1.54) is 0 Å². The van der Waals surface area contributed by atoms with Gasteiger partial charge in [0.25, 0.3) is 0 Å². The summed E-state index contributed by atoms with van der Waals surface area (Å²) in [5.41, 5.74) is 0.579. The van der Waals surface area contributed by atoms with E-state index in [0.717, 1.165) is 17.3 Å². The first-order valence-electron chi connectivity index (χ1n) is 7.22. The van der Waals surface area contributed by atoms with Crippen LogP contribution in [-0.2, 0) is 9.59 Å². The van der Waals surface area contributed by atoms with E-state index in [0.29, 0.717) is 12.1 Å². The monoisotopic (exact) mass is 310 g/mol.